The smallest absolute Gasteiger partial charge is 0.307 e. The highest BCUT2D eigenvalue weighted by molar-refractivity contribution is 7.99. The van der Waals surface area contributed by atoms with Gasteiger partial charge in [-0.2, -0.15) is 11.8 Å². The fraction of sp³-hybridized carbons (Fsp3) is 0.462. The Morgan fingerprint density at radius 1 is 1.47 bits per heavy atom. The molecule has 0 bridgehead atoms. The van der Waals surface area contributed by atoms with Crippen molar-refractivity contribution >= 4 is 17.7 Å². The zero-order chi connectivity index (χ0) is 12.1. The topological polar surface area (TPSA) is 46.5 Å². The molecule has 1 aromatic carbocycles. The lowest BCUT2D eigenvalue weighted by Crippen LogP contribution is -2.24. The second kappa shape index (κ2) is 5.96. The summed E-state index contributed by atoms with van der Waals surface area (Å²) in [7, 11) is 0. The number of carbonyl (C=O) groups is 1. The van der Waals surface area contributed by atoms with E-state index in [0.717, 1.165) is 23.5 Å². The first kappa shape index (κ1) is 12.3. The summed E-state index contributed by atoms with van der Waals surface area (Å²) in [6, 6.07) is 7.41. The quantitative estimate of drug-likeness (QED) is 0.894. The van der Waals surface area contributed by atoms with Gasteiger partial charge in [-0.1, -0.05) is 18.2 Å². The van der Waals surface area contributed by atoms with Crippen LogP contribution < -0.4 is 4.74 Å². The number of thioether (sulfide) groups is 1. The molecular weight excluding hydrogens is 236 g/mol. The van der Waals surface area contributed by atoms with Gasteiger partial charge in [0.05, 0.1) is 6.42 Å². The van der Waals surface area contributed by atoms with E-state index in [4.69, 9.17) is 9.84 Å². The third kappa shape index (κ3) is 3.66. The summed E-state index contributed by atoms with van der Waals surface area (Å²) in [5.41, 5.74) is 0.760. The van der Waals surface area contributed by atoms with Crippen LogP contribution in [0.3, 0.4) is 0 Å². The Bertz CT molecular complexity index is 386. The van der Waals surface area contributed by atoms with Crippen molar-refractivity contribution in [3.8, 4) is 5.75 Å². The number of aliphatic carboxylic acids is 1. The Balaban J connectivity index is 2.05. The molecule has 1 saturated heterocycles. The van der Waals surface area contributed by atoms with Crippen LogP contribution in [0.4, 0.5) is 0 Å². The lowest BCUT2D eigenvalue weighted by molar-refractivity contribution is -0.136. The molecule has 92 valence electrons. The van der Waals surface area contributed by atoms with Gasteiger partial charge in [0.15, 0.2) is 0 Å². The zero-order valence-corrected chi connectivity index (χ0v) is 10.4. The third-order valence-corrected chi connectivity index (χ3v) is 3.91. The van der Waals surface area contributed by atoms with Crippen LogP contribution in [0.2, 0.25) is 0 Å². The van der Waals surface area contributed by atoms with Gasteiger partial charge in [-0.05, 0) is 24.7 Å². The van der Waals surface area contributed by atoms with Crippen molar-refractivity contribution in [1.82, 2.24) is 0 Å². The van der Waals surface area contributed by atoms with Crippen LogP contribution in [0.15, 0.2) is 24.3 Å². The van der Waals surface area contributed by atoms with Gasteiger partial charge in [0.2, 0.25) is 0 Å². The zero-order valence-electron chi connectivity index (χ0n) is 9.59. The van der Waals surface area contributed by atoms with E-state index < -0.39 is 5.97 Å². The SMILES string of the molecule is O=C(O)Cc1ccccc1OC1CCCSC1. The maximum absolute atomic E-state index is 10.8. The van der Waals surface area contributed by atoms with Gasteiger partial charge in [-0.25, -0.2) is 0 Å². The van der Waals surface area contributed by atoms with Crippen LogP contribution in [0, 0.1) is 0 Å². The van der Waals surface area contributed by atoms with Crippen molar-refractivity contribution in [3.05, 3.63) is 29.8 Å². The van der Waals surface area contributed by atoms with E-state index in [2.05, 4.69) is 0 Å². The first-order chi connectivity index (χ1) is 8.25. The monoisotopic (exact) mass is 252 g/mol. The number of benzene rings is 1. The molecule has 17 heavy (non-hydrogen) atoms. The summed E-state index contributed by atoms with van der Waals surface area (Å²) in [5.74, 6) is 2.11. The average Bonchev–Trinajstić information content (AvgIpc) is 2.32. The number of ether oxygens (including phenoxy) is 1. The molecule has 1 unspecified atom stereocenters. The van der Waals surface area contributed by atoms with Crippen molar-refractivity contribution in [2.24, 2.45) is 0 Å². The molecule has 1 aliphatic rings. The van der Waals surface area contributed by atoms with E-state index in [0.29, 0.717) is 0 Å². The summed E-state index contributed by atoms with van der Waals surface area (Å²) in [4.78, 5) is 10.8. The molecule has 1 N–H and O–H groups in total. The molecule has 0 aromatic heterocycles. The largest absolute Gasteiger partial charge is 0.489 e. The van der Waals surface area contributed by atoms with Gasteiger partial charge >= 0.3 is 5.97 Å². The number of rotatable bonds is 4. The molecule has 1 atom stereocenters. The van der Waals surface area contributed by atoms with Gasteiger partial charge in [-0.3, -0.25) is 4.79 Å². The van der Waals surface area contributed by atoms with E-state index >= 15 is 0 Å². The van der Waals surface area contributed by atoms with Crippen LogP contribution in [-0.2, 0) is 11.2 Å². The van der Waals surface area contributed by atoms with Crippen molar-refractivity contribution in [2.45, 2.75) is 25.4 Å². The van der Waals surface area contributed by atoms with Crippen LogP contribution >= 0.6 is 11.8 Å². The van der Waals surface area contributed by atoms with Crippen LogP contribution in [0.1, 0.15) is 18.4 Å². The Kier molecular flexibility index (Phi) is 4.31. The Hall–Kier alpha value is -1.16. The van der Waals surface area contributed by atoms with Gasteiger partial charge in [0.1, 0.15) is 11.9 Å². The maximum Gasteiger partial charge on any atom is 0.307 e. The highest BCUT2D eigenvalue weighted by atomic mass is 32.2. The summed E-state index contributed by atoms with van der Waals surface area (Å²) in [5, 5.41) is 8.84. The van der Waals surface area contributed by atoms with E-state index in [1.54, 1.807) is 0 Å². The van der Waals surface area contributed by atoms with Crippen molar-refractivity contribution in [2.75, 3.05) is 11.5 Å². The Labute approximate surface area is 105 Å². The number of carboxylic acids is 1. The van der Waals surface area contributed by atoms with Gasteiger partial charge in [0, 0.05) is 11.3 Å². The third-order valence-electron chi connectivity index (χ3n) is 2.73. The highest BCUT2D eigenvalue weighted by Crippen LogP contribution is 2.25. The normalized spacial score (nSPS) is 19.9. The second-order valence-corrected chi connectivity index (χ2v) is 5.29. The summed E-state index contributed by atoms with van der Waals surface area (Å²) in [6.07, 6.45) is 2.49. The van der Waals surface area contributed by atoms with E-state index in [1.165, 1.54) is 12.2 Å². The van der Waals surface area contributed by atoms with Crippen LogP contribution in [0.5, 0.6) is 5.75 Å². The lowest BCUT2D eigenvalue weighted by atomic mass is 10.1. The minimum atomic E-state index is -0.820. The molecule has 0 radical (unpaired) electrons. The Morgan fingerprint density at radius 2 is 2.29 bits per heavy atom. The van der Waals surface area contributed by atoms with Gasteiger partial charge in [-0.15, -0.1) is 0 Å². The number of para-hydroxylation sites is 1. The van der Waals surface area contributed by atoms with Crippen LogP contribution in [0.25, 0.3) is 0 Å². The summed E-state index contributed by atoms with van der Waals surface area (Å²) < 4.78 is 5.90. The maximum atomic E-state index is 10.8. The summed E-state index contributed by atoms with van der Waals surface area (Å²) >= 11 is 1.90. The van der Waals surface area contributed by atoms with E-state index in [1.807, 2.05) is 36.0 Å². The van der Waals surface area contributed by atoms with E-state index in [9.17, 15) is 4.79 Å². The number of carboxylic acid groups (broad SMARTS) is 1. The molecule has 1 fully saturated rings. The van der Waals surface area contributed by atoms with Crippen molar-refractivity contribution < 1.29 is 14.6 Å². The van der Waals surface area contributed by atoms with Crippen molar-refractivity contribution in [1.29, 1.82) is 0 Å². The molecule has 0 spiro atoms. The minimum Gasteiger partial charge on any atom is -0.489 e. The highest BCUT2D eigenvalue weighted by Gasteiger charge is 2.17. The predicted molar refractivity (Wildman–Crippen MR) is 68.8 cm³/mol. The molecule has 1 aliphatic heterocycles. The first-order valence-corrected chi connectivity index (χ1v) is 6.95. The van der Waals surface area contributed by atoms with Gasteiger partial charge in [0.25, 0.3) is 0 Å². The Morgan fingerprint density at radius 3 is 3.00 bits per heavy atom. The van der Waals surface area contributed by atoms with E-state index in [-0.39, 0.29) is 12.5 Å². The molecule has 1 aromatic rings. The molecule has 2 rings (SSSR count). The fourth-order valence-electron chi connectivity index (χ4n) is 1.91. The molecule has 0 amide bonds. The molecule has 4 heteroatoms. The standard InChI is InChI=1S/C13H16O3S/c14-13(15)8-10-4-1-2-6-12(10)16-11-5-3-7-17-9-11/h1-2,4,6,11H,3,5,7-9H2,(H,14,15). The molecule has 1 heterocycles. The summed E-state index contributed by atoms with van der Waals surface area (Å²) in [6.45, 7) is 0. The molecule has 0 saturated carbocycles. The average molecular weight is 252 g/mol. The minimum absolute atomic E-state index is 0.0238. The molecular formula is C13H16O3S. The number of hydrogen-bond donors (Lipinski definition) is 1. The predicted octanol–water partition coefficient (Wildman–Crippen LogP) is 2.59. The number of hydrogen-bond acceptors (Lipinski definition) is 3. The second-order valence-electron chi connectivity index (χ2n) is 4.14. The van der Waals surface area contributed by atoms with Gasteiger partial charge < -0.3 is 9.84 Å². The fourth-order valence-corrected chi connectivity index (χ4v) is 2.95. The first-order valence-electron chi connectivity index (χ1n) is 5.80. The lowest BCUT2D eigenvalue weighted by Gasteiger charge is -2.23. The molecule has 3 nitrogen and oxygen atoms in total. The van der Waals surface area contributed by atoms with Crippen LogP contribution in [-0.4, -0.2) is 28.7 Å². The molecule has 0 aliphatic carbocycles. The van der Waals surface area contributed by atoms with Crippen molar-refractivity contribution in [3.63, 3.8) is 0 Å².